The maximum absolute atomic E-state index is 12.8. The molecule has 0 fully saturated rings. The van der Waals surface area contributed by atoms with E-state index in [0.29, 0.717) is 25.9 Å². The molecule has 0 aliphatic heterocycles. The molecule has 358 valence electrons. The second-order valence-electron chi connectivity index (χ2n) is 17.4. The Balaban J connectivity index is 4.36. The van der Waals surface area contributed by atoms with E-state index < -0.39 is 6.10 Å². The molecule has 0 bridgehead atoms. The molecule has 0 spiro atoms. The average molecular weight is 865 g/mol. The monoisotopic (exact) mass is 865 g/mol. The Hall–Kier alpha value is -2.66. The van der Waals surface area contributed by atoms with Gasteiger partial charge in [-0.15, -0.1) is 0 Å². The van der Waals surface area contributed by atoms with Gasteiger partial charge in [-0.1, -0.05) is 235 Å². The van der Waals surface area contributed by atoms with Crippen LogP contribution in [0.25, 0.3) is 0 Å². The third kappa shape index (κ3) is 50.0. The third-order valence-electron chi connectivity index (χ3n) is 11.2. The van der Waals surface area contributed by atoms with Crippen molar-refractivity contribution in [3.05, 3.63) is 72.9 Å². The highest BCUT2D eigenvalue weighted by atomic mass is 16.6. The molecule has 0 N–H and O–H groups in total. The van der Waals surface area contributed by atoms with Gasteiger partial charge < -0.3 is 14.2 Å². The van der Waals surface area contributed by atoms with E-state index in [1.807, 2.05) is 6.08 Å². The Morgan fingerprint density at radius 1 is 0.355 bits per heavy atom. The minimum Gasteiger partial charge on any atom is -0.462 e. The molecular formula is C57H100O5. The minimum absolute atomic E-state index is 0.0514. The second-order valence-corrected chi connectivity index (χ2v) is 17.4. The van der Waals surface area contributed by atoms with Crippen LogP contribution in [-0.4, -0.2) is 37.9 Å². The summed E-state index contributed by atoms with van der Waals surface area (Å²) >= 11 is 0. The fourth-order valence-electron chi connectivity index (χ4n) is 7.24. The predicted octanol–water partition coefficient (Wildman–Crippen LogP) is 17.9. The zero-order valence-corrected chi connectivity index (χ0v) is 41.1. The molecule has 5 nitrogen and oxygen atoms in total. The molecule has 0 aliphatic carbocycles. The number of unbranched alkanes of at least 4 members (excludes halogenated alkanes) is 25. The van der Waals surface area contributed by atoms with Crippen LogP contribution < -0.4 is 0 Å². The highest BCUT2D eigenvalue weighted by Gasteiger charge is 2.17. The zero-order chi connectivity index (χ0) is 44.9. The number of allylic oxidation sites excluding steroid dienone is 12. The van der Waals surface area contributed by atoms with E-state index in [4.69, 9.17) is 14.2 Å². The molecule has 0 aromatic rings. The van der Waals surface area contributed by atoms with Crippen molar-refractivity contribution < 1.29 is 23.8 Å². The van der Waals surface area contributed by atoms with Crippen LogP contribution in [0.5, 0.6) is 0 Å². The van der Waals surface area contributed by atoms with Crippen LogP contribution in [0.15, 0.2) is 72.9 Å². The molecule has 5 heteroatoms. The Labute approximate surface area is 385 Å². The van der Waals surface area contributed by atoms with E-state index in [2.05, 4.69) is 87.6 Å². The Kier molecular flexibility index (Phi) is 50.4. The van der Waals surface area contributed by atoms with Gasteiger partial charge in [0, 0.05) is 19.4 Å². The van der Waals surface area contributed by atoms with Gasteiger partial charge in [0.05, 0.1) is 6.61 Å². The first-order valence-electron chi connectivity index (χ1n) is 26.5. The minimum atomic E-state index is -0.578. The topological polar surface area (TPSA) is 61.8 Å². The lowest BCUT2D eigenvalue weighted by atomic mass is 10.0. The average Bonchev–Trinajstić information content (AvgIpc) is 3.27. The summed E-state index contributed by atoms with van der Waals surface area (Å²) in [6.45, 7) is 7.70. The normalized spacial score (nSPS) is 12.8. The maximum Gasteiger partial charge on any atom is 0.306 e. The van der Waals surface area contributed by atoms with Crippen LogP contribution in [0.1, 0.15) is 252 Å². The molecule has 0 heterocycles. The number of carbonyl (C=O) groups excluding carboxylic acids is 2. The molecular weight excluding hydrogens is 765 g/mol. The van der Waals surface area contributed by atoms with Crippen molar-refractivity contribution in [1.82, 2.24) is 0 Å². The number of rotatable bonds is 48. The lowest BCUT2D eigenvalue weighted by molar-refractivity contribution is -0.162. The molecule has 0 aliphatic rings. The first kappa shape index (κ1) is 59.3. The van der Waals surface area contributed by atoms with Crippen LogP contribution >= 0.6 is 0 Å². The summed E-state index contributed by atoms with van der Waals surface area (Å²) in [5, 5.41) is 0. The molecule has 0 aromatic heterocycles. The molecule has 62 heavy (non-hydrogen) atoms. The van der Waals surface area contributed by atoms with Crippen molar-refractivity contribution in [2.75, 3.05) is 19.8 Å². The van der Waals surface area contributed by atoms with Gasteiger partial charge in [-0.05, 0) is 77.0 Å². The van der Waals surface area contributed by atoms with Crippen LogP contribution in [-0.2, 0) is 23.8 Å². The van der Waals surface area contributed by atoms with Crippen LogP contribution in [0, 0.1) is 0 Å². The highest BCUT2D eigenvalue weighted by molar-refractivity contribution is 5.70. The van der Waals surface area contributed by atoms with Gasteiger partial charge >= 0.3 is 11.9 Å². The standard InChI is InChI=1S/C57H100O5/c1-4-7-10-13-16-19-22-24-26-28-29-30-31-33-36-39-42-45-48-51-57(59)62-55(54-61-56(58)50-47-44-41-38-35-21-18-15-12-9-6-3)53-60-52-49-46-43-40-37-34-32-27-25-23-20-17-14-11-8-5-2/h15-16,18-19,24,26,29-30,33,36,42,45,55H,4-14,17,20-23,25,27-28,31-32,34-35,37-41,43-44,46-54H2,1-3H3/b18-15-,19-16-,26-24-,30-29-,36-33-,45-42-/t55-/m1/s1. The Morgan fingerprint density at radius 2 is 0.726 bits per heavy atom. The van der Waals surface area contributed by atoms with E-state index in [1.54, 1.807) is 0 Å². The number of carbonyl (C=O) groups is 2. The summed E-state index contributed by atoms with van der Waals surface area (Å²) in [5.74, 6) is -0.498. The summed E-state index contributed by atoms with van der Waals surface area (Å²) in [6, 6.07) is 0. The number of hydrogen-bond acceptors (Lipinski definition) is 5. The van der Waals surface area contributed by atoms with Gasteiger partial charge in [0.1, 0.15) is 6.61 Å². The predicted molar refractivity (Wildman–Crippen MR) is 270 cm³/mol. The third-order valence-corrected chi connectivity index (χ3v) is 11.2. The van der Waals surface area contributed by atoms with E-state index in [-0.39, 0.29) is 25.2 Å². The lowest BCUT2D eigenvalue weighted by Gasteiger charge is -2.18. The summed E-state index contributed by atoms with van der Waals surface area (Å²) in [4.78, 5) is 25.3. The fraction of sp³-hybridized carbons (Fsp3) is 0.754. The zero-order valence-electron chi connectivity index (χ0n) is 41.1. The van der Waals surface area contributed by atoms with E-state index in [9.17, 15) is 9.59 Å². The largest absolute Gasteiger partial charge is 0.462 e. The number of esters is 2. The maximum atomic E-state index is 12.8. The van der Waals surface area contributed by atoms with Crippen LogP contribution in [0.3, 0.4) is 0 Å². The van der Waals surface area contributed by atoms with Crippen molar-refractivity contribution in [3.8, 4) is 0 Å². The summed E-state index contributed by atoms with van der Waals surface area (Å²) in [5.41, 5.74) is 0. The molecule has 0 aromatic carbocycles. The van der Waals surface area contributed by atoms with Crippen molar-refractivity contribution >= 4 is 11.9 Å². The SMILES string of the molecule is CCCC/C=C\CCCCCCCC(=O)OC[C@@H](COCCCCCCCCCCCCCCCCCC)OC(=O)CC/C=C\C/C=C\C/C=C\C/C=C\C/C=C\CCCCC. The first-order chi connectivity index (χ1) is 30.6. The van der Waals surface area contributed by atoms with Gasteiger partial charge in [-0.3, -0.25) is 9.59 Å². The van der Waals surface area contributed by atoms with Gasteiger partial charge in [0.2, 0.25) is 0 Å². The van der Waals surface area contributed by atoms with Crippen molar-refractivity contribution in [3.63, 3.8) is 0 Å². The number of ether oxygens (including phenoxy) is 3. The highest BCUT2D eigenvalue weighted by Crippen LogP contribution is 2.15. The fourth-order valence-corrected chi connectivity index (χ4v) is 7.24. The van der Waals surface area contributed by atoms with Gasteiger partial charge in [0.15, 0.2) is 6.10 Å². The van der Waals surface area contributed by atoms with Gasteiger partial charge in [0.25, 0.3) is 0 Å². The smallest absolute Gasteiger partial charge is 0.306 e. The summed E-state index contributed by atoms with van der Waals surface area (Å²) in [6.07, 6.45) is 67.8. The van der Waals surface area contributed by atoms with Crippen molar-refractivity contribution in [2.45, 2.75) is 258 Å². The summed E-state index contributed by atoms with van der Waals surface area (Å²) < 4.78 is 17.3. The van der Waals surface area contributed by atoms with Crippen molar-refractivity contribution in [2.24, 2.45) is 0 Å². The molecule has 0 rings (SSSR count). The number of hydrogen-bond donors (Lipinski definition) is 0. The Morgan fingerprint density at radius 3 is 1.24 bits per heavy atom. The van der Waals surface area contributed by atoms with E-state index in [0.717, 1.165) is 64.2 Å². The second kappa shape index (κ2) is 52.7. The molecule has 0 amide bonds. The van der Waals surface area contributed by atoms with Gasteiger partial charge in [-0.2, -0.15) is 0 Å². The molecule has 0 saturated heterocycles. The van der Waals surface area contributed by atoms with Crippen LogP contribution in [0.4, 0.5) is 0 Å². The quantitative estimate of drug-likeness (QED) is 0.0346. The van der Waals surface area contributed by atoms with E-state index in [1.165, 1.54) is 148 Å². The molecule has 0 saturated carbocycles. The lowest BCUT2D eigenvalue weighted by Crippen LogP contribution is -2.30. The van der Waals surface area contributed by atoms with Gasteiger partial charge in [-0.25, -0.2) is 0 Å². The van der Waals surface area contributed by atoms with Crippen LogP contribution in [0.2, 0.25) is 0 Å². The van der Waals surface area contributed by atoms with E-state index >= 15 is 0 Å². The Bertz CT molecular complexity index is 1110. The molecule has 0 unspecified atom stereocenters. The first-order valence-corrected chi connectivity index (χ1v) is 26.5. The summed E-state index contributed by atoms with van der Waals surface area (Å²) in [7, 11) is 0. The molecule has 1 atom stereocenters. The van der Waals surface area contributed by atoms with Crippen molar-refractivity contribution in [1.29, 1.82) is 0 Å². The molecule has 0 radical (unpaired) electrons.